The van der Waals surface area contributed by atoms with Crippen LogP contribution in [0.5, 0.6) is 17.2 Å². The normalized spacial score (nSPS) is 11.7. The van der Waals surface area contributed by atoms with Crippen LogP contribution in [0.1, 0.15) is 22.8 Å². The van der Waals surface area contributed by atoms with Gasteiger partial charge in [0.05, 0.1) is 26.4 Å². The van der Waals surface area contributed by atoms with Crippen LogP contribution in [0.15, 0.2) is 54.6 Å². The zero-order valence-corrected chi connectivity index (χ0v) is 18.4. The summed E-state index contributed by atoms with van der Waals surface area (Å²) < 4.78 is 16.1. The summed E-state index contributed by atoms with van der Waals surface area (Å²) >= 11 is 12.5. The van der Waals surface area contributed by atoms with Gasteiger partial charge in [0, 0.05) is 40.0 Å². The first-order valence-electron chi connectivity index (χ1n) is 9.23. The van der Waals surface area contributed by atoms with Crippen LogP contribution in [-0.4, -0.2) is 26.4 Å². The molecule has 3 rings (SSSR count). The van der Waals surface area contributed by atoms with Crippen molar-refractivity contribution in [1.82, 2.24) is 0 Å². The van der Waals surface area contributed by atoms with E-state index in [4.69, 9.17) is 37.4 Å². The number of hydrogen-bond acceptors (Lipinski definition) is 5. The van der Waals surface area contributed by atoms with E-state index in [9.17, 15) is 5.11 Å². The second-order valence-corrected chi connectivity index (χ2v) is 7.37. The Labute approximate surface area is 186 Å². The number of aliphatic hydroxyl groups is 1. The van der Waals surface area contributed by atoms with Crippen LogP contribution in [0.3, 0.4) is 0 Å². The Bertz CT molecular complexity index is 1030. The maximum absolute atomic E-state index is 11.1. The van der Waals surface area contributed by atoms with Gasteiger partial charge in [-0.05, 0) is 36.4 Å². The Morgan fingerprint density at radius 2 is 1.70 bits per heavy atom. The van der Waals surface area contributed by atoms with E-state index in [1.165, 1.54) is 7.11 Å². The van der Waals surface area contributed by atoms with E-state index in [1.807, 2.05) is 24.3 Å². The average molecular weight is 448 g/mol. The molecular formula is C23H23Cl2NO4. The van der Waals surface area contributed by atoms with Crippen LogP contribution in [-0.2, 0) is 6.54 Å². The van der Waals surface area contributed by atoms with Gasteiger partial charge in [-0.2, -0.15) is 0 Å². The number of benzene rings is 3. The number of aliphatic hydroxyl groups excluding tert-OH is 1. The number of hydrogen-bond donors (Lipinski definition) is 2. The zero-order valence-electron chi connectivity index (χ0n) is 16.9. The van der Waals surface area contributed by atoms with Crippen molar-refractivity contribution in [3.63, 3.8) is 0 Å². The molecule has 0 saturated carbocycles. The van der Waals surface area contributed by atoms with Crippen molar-refractivity contribution in [2.24, 2.45) is 0 Å². The molecule has 30 heavy (non-hydrogen) atoms. The molecule has 0 aliphatic heterocycles. The summed E-state index contributed by atoms with van der Waals surface area (Å²) in [5.74, 6) is 1.84. The van der Waals surface area contributed by atoms with Gasteiger partial charge in [-0.3, -0.25) is 0 Å². The fraction of sp³-hybridized carbons (Fsp3) is 0.217. The number of anilines is 1. The Hall–Kier alpha value is -2.60. The molecule has 0 heterocycles. The molecule has 7 heteroatoms. The van der Waals surface area contributed by atoms with Gasteiger partial charge in [0.2, 0.25) is 0 Å². The van der Waals surface area contributed by atoms with Gasteiger partial charge in [-0.15, -0.1) is 0 Å². The number of rotatable bonds is 8. The lowest BCUT2D eigenvalue weighted by Crippen LogP contribution is -2.09. The van der Waals surface area contributed by atoms with E-state index in [0.717, 1.165) is 11.3 Å². The summed E-state index contributed by atoms with van der Waals surface area (Å²) in [5.41, 5.74) is 2.83. The second kappa shape index (κ2) is 9.94. The smallest absolute Gasteiger partial charge is 0.143 e. The summed E-state index contributed by atoms with van der Waals surface area (Å²) in [5, 5.41) is 15.4. The van der Waals surface area contributed by atoms with Crippen molar-refractivity contribution in [1.29, 1.82) is 0 Å². The van der Waals surface area contributed by atoms with E-state index in [-0.39, 0.29) is 0 Å². The molecule has 1 atom stereocenters. The first-order valence-corrected chi connectivity index (χ1v) is 9.98. The molecule has 3 aromatic rings. The molecule has 0 aliphatic rings. The molecule has 0 amide bonds. The third kappa shape index (κ3) is 4.75. The van der Waals surface area contributed by atoms with E-state index >= 15 is 0 Å². The van der Waals surface area contributed by atoms with Gasteiger partial charge in [-0.25, -0.2) is 0 Å². The lowest BCUT2D eigenvalue weighted by molar-refractivity contribution is 0.215. The minimum atomic E-state index is -0.988. The Morgan fingerprint density at radius 3 is 2.40 bits per heavy atom. The molecule has 5 nitrogen and oxygen atoms in total. The van der Waals surface area contributed by atoms with Crippen LogP contribution in [0.4, 0.5) is 5.69 Å². The van der Waals surface area contributed by atoms with Gasteiger partial charge in [0.25, 0.3) is 0 Å². The maximum atomic E-state index is 11.1. The zero-order chi connectivity index (χ0) is 21.7. The Morgan fingerprint density at radius 1 is 0.900 bits per heavy atom. The lowest BCUT2D eigenvalue weighted by atomic mass is 9.98. The van der Waals surface area contributed by atoms with E-state index in [0.29, 0.717) is 45.0 Å². The monoisotopic (exact) mass is 447 g/mol. The van der Waals surface area contributed by atoms with Crippen molar-refractivity contribution in [3.05, 3.63) is 81.3 Å². The summed E-state index contributed by atoms with van der Waals surface area (Å²) in [7, 11) is 4.74. The van der Waals surface area contributed by atoms with Crippen LogP contribution in [0.25, 0.3) is 0 Å². The maximum Gasteiger partial charge on any atom is 0.143 e. The predicted octanol–water partition coefficient (Wildman–Crippen LogP) is 5.71. The highest BCUT2D eigenvalue weighted by molar-refractivity contribution is 6.32. The summed E-state index contributed by atoms with van der Waals surface area (Å²) in [6.07, 6.45) is -0.988. The van der Waals surface area contributed by atoms with E-state index < -0.39 is 6.10 Å². The molecule has 158 valence electrons. The second-order valence-electron chi connectivity index (χ2n) is 6.53. The molecule has 3 aromatic carbocycles. The number of para-hydroxylation sites is 1. The minimum Gasteiger partial charge on any atom is -0.497 e. The minimum absolute atomic E-state index is 0.425. The molecular weight excluding hydrogens is 425 g/mol. The van der Waals surface area contributed by atoms with Crippen molar-refractivity contribution in [3.8, 4) is 17.2 Å². The largest absolute Gasteiger partial charge is 0.497 e. The molecule has 0 aromatic heterocycles. The quantitative estimate of drug-likeness (QED) is 0.462. The summed E-state index contributed by atoms with van der Waals surface area (Å²) in [6, 6.07) is 16.2. The average Bonchev–Trinajstić information content (AvgIpc) is 2.77. The molecule has 2 N–H and O–H groups in total. The molecule has 0 fully saturated rings. The number of halogens is 2. The molecule has 0 aliphatic carbocycles. The van der Waals surface area contributed by atoms with Gasteiger partial charge >= 0.3 is 0 Å². The van der Waals surface area contributed by atoms with E-state index in [1.54, 1.807) is 44.6 Å². The first kappa shape index (κ1) is 22.1. The van der Waals surface area contributed by atoms with Crippen molar-refractivity contribution >= 4 is 28.9 Å². The predicted molar refractivity (Wildman–Crippen MR) is 120 cm³/mol. The molecule has 0 spiro atoms. The van der Waals surface area contributed by atoms with Crippen molar-refractivity contribution in [2.75, 3.05) is 26.6 Å². The van der Waals surface area contributed by atoms with Crippen molar-refractivity contribution < 1.29 is 19.3 Å². The molecule has 0 radical (unpaired) electrons. The summed E-state index contributed by atoms with van der Waals surface area (Å²) in [4.78, 5) is 0. The van der Waals surface area contributed by atoms with Crippen LogP contribution >= 0.6 is 23.2 Å². The van der Waals surface area contributed by atoms with Gasteiger partial charge < -0.3 is 24.6 Å². The van der Waals surface area contributed by atoms with Crippen LogP contribution in [0, 0.1) is 0 Å². The standard InChI is InChI=1S/C23H23Cl2NO4/c1-28-16-9-7-14(21(12-16)29-2)13-26-20-10-8-15(24)11-18(20)22(27)17-5-4-6-19(25)23(17)30-3/h4-12,22,26-27H,13H2,1-3H3/t22-/m1/s1. The third-order valence-electron chi connectivity index (χ3n) is 4.77. The highest BCUT2D eigenvalue weighted by atomic mass is 35.5. The van der Waals surface area contributed by atoms with Crippen molar-refractivity contribution in [2.45, 2.75) is 12.6 Å². The number of ether oxygens (including phenoxy) is 3. The lowest BCUT2D eigenvalue weighted by Gasteiger charge is -2.20. The number of methoxy groups -OCH3 is 3. The molecule has 0 unspecified atom stereocenters. The first-order chi connectivity index (χ1) is 14.5. The SMILES string of the molecule is COc1ccc(CNc2ccc(Cl)cc2[C@H](O)c2cccc(Cl)c2OC)c(OC)c1. The third-order valence-corrected chi connectivity index (χ3v) is 5.30. The summed E-state index contributed by atoms with van der Waals surface area (Å²) in [6.45, 7) is 0.473. The topological polar surface area (TPSA) is 60.0 Å². The molecule has 0 bridgehead atoms. The van der Waals surface area contributed by atoms with Gasteiger partial charge in [0.15, 0.2) is 0 Å². The Kier molecular flexibility index (Phi) is 7.32. The van der Waals surface area contributed by atoms with E-state index in [2.05, 4.69) is 5.32 Å². The number of nitrogens with one attached hydrogen (secondary N) is 1. The van der Waals surface area contributed by atoms with Crippen LogP contribution in [0.2, 0.25) is 10.0 Å². The Balaban J connectivity index is 1.92. The van der Waals surface area contributed by atoms with Crippen LogP contribution < -0.4 is 19.5 Å². The highest BCUT2D eigenvalue weighted by Gasteiger charge is 2.21. The van der Waals surface area contributed by atoms with Gasteiger partial charge in [0.1, 0.15) is 23.4 Å². The fourth-order valence-electron chi connectivity index (χ4n) is 3.23. The molecule has 0 saturated heterocycles. The highest BCUT2D eigenvalue weighted by Crippen LogP contribution is 2.38. The van der Waals surface area contributed by atoms with Gasteiger partial charge in [-0.1, -0.05) is 35.3 Å². The fourth-order valence-corrected chi connectivity index (χ4v) is 3.67.